The van der Waals surface area contributed by atoms with E-state index >= 15 is 0 Å². The summed E-state index contributed by atoms with van der Waals surface area (Å²) in [5.41, 5.74) is 6.52. The Morgan fingerprint density at radius 1 is 1.07 bits per heavy atom. The molecular weight excluding hydrogens is 372 g/mol. The van der Waals surface area contributed by atoms with E-state index < -0.39 is 0 Å². The molecule has 3 heterocycles. The Bertz CT molecular complexity index is 1310. The molecule has 0 atom stereocenters. The average molecular weight is 388 g/mol. The van der Waals surface area contributed by atoms with Crippen LogP contribution in [0.5, 0.6) is 5.75 Å². The van der Waals surface area contributed by atoms with Crippen LogP contribution in [0.25, 0.3) is 32.2 Å². The Morgan fingerprint density at radius 3 is 2.82 bits per heavy atom. The number of nitrogens with zero attached hydrogens (tertiary/aromatic N) is 5. The lowest BCUT2D eigenvalue weighted by Crippen LogP contribution is -1.97. The van der Waals surface area contributed by atoms with Crippen molar-refractivity contribution < 1.29 is 4.74 Å². The molecule has 138 valence electrons. The molecule has 0 saturated heterocycles. The Kier molecular flexibility index (Phi) is 3.91. The largest absolute Gasteiger partial charge is 0.496 e. The van der Waals surface area contributed by atoms with Gasteiger partial charge in [0.15, 0.2) is 0 Å². The van der Waals surface area contributed by atoms with Gasteiger partial charge in [0.1, 0.15) is 17.9 Å². The van der Waals surface area contributed by atoms with Crippen LogP contribution in [0.1, 0.15) is 0 Å². The van der Waals surface area contributed by atoms with Crippen LogP contribution in [0.4, 0.5) is 11.5 Å². The van der Waals surface area contributed by atoms with E-state index in [1.807, 2.05) is 49.2 Å². The molecule has 8 heteroatoms. The molecule has 0 aliphatic carbocycles. The van der Waals surface area contributed by atoms with E-state index in [4.69, 9.17) is 4.74 Å². The number of ether oxygens (including phenoxy) is 1. The van der Waals surface area contributed by atoms with Crippen molar-refractivity contribution in [1.82, 2.24) is 24.7 Å². The van der Waals surface area contributed by atoms with Gasteiger partial charge in [0.25, 0.3) is 0 Å². The lowest BCUT2D eigenvalue weighted by Gasteiger charge is -2.12. The number of anilines is 2. The molecule has 0 fully saturated rings. The summed E-state index contributed by atoms with van der Waals surface area (Å²) >= 11 is 1.61. The van der Waals surface area contributed by atoms with E-state index in [-0.39, 0.29) is 0 Å². The highest BCUT2D eigenvalue weighted by Gasteiger charge is 2.13. The van der Waals surface area contributed by atoms with Gasteiger partial charge in [0, 0.05) is 41.5 Å². The molecule has 2 aromatic carbocycles. The van der Waals surface area contributed by atoms with Crippen LogP contribution in [0, 0.1) is 0 Å². The number of hydrogen-bond acceptors (Lipinski definition) is 7. The number of rotatable bonds is 4. The summed E-state index contributed by atoms with van der Waals surface area (Å²) in [7, 11) is 3.55. The van der Waals surface area contributed by atoms with Gasteiger partial charge in [-0.1, -0.05) is 0 Å². The van der Waals surface area contributed by atoms with Gasteiger partial charge in [-0.3, -0.25) is 4.68 Å². The number of thiazole rings is 1. The maximum Gasteiger partial charge on any atom is 0.141 e. The average Bonchev–Trinajstić information content (AvgIpc) is 3.35. The van der Waals surface area contributed by atoms with Crippen LogP contribution < -0.4 is 10.1 Å². The van der Waals surface area contributed by atoms with Crippen LogP contribution in [0.15, 0.2) is 54.6 Å². The second-order valence-corrected chi connectivity index (χ2v) is 7.24. The molecular formula is C20H16N6OS. The number of fused-ring (bicyclic) bond motifs is 2. The highest BCUT2D eigenvalue weighted by atomic mass is 32.1. The maximum atomic E-state index is 5.59. The van der Waals surface area contributed by atoms with Crippen molar-refractivity contribution in [3.63, 3.8) is 0 Å². The molecule has 5 rings (SSSR count). The van der Waals surface area contributed by atoms with Gasteiger partial charge in [-0.2, -0.15) is 5.10 Å². The molecule has 7 nitrogen and oxygen atoms in total. The van der Waals surface area contributed by atoms with E-state index in [0.717, 1.165) is 49.5 Å². The fraction of sp³-hybridized carbons (Fsp3) is 0.100. The van der Waals surface area contributed by atoms with Crippen molar-refractivity contribution in [2.45, 2.75) is 0 Å². The monoisotopic (exact) mass is 388 g/mol. The summed E-state index contributed by atoms with van der Waals surface area (Å²) in [4.78, 5) is 13.2. The SMILES string of the molecule is COc1cc2ncnc(Nc3ccc4ncsc4c3)c2cc1-c1cnn(C)c1. The number of benzene rings is 2. The third-order valence-corrected chi connectivity index (χ3v) is 5.36. The number of aryl methyl sites for hydroxylation is 1. The van der Waals surface area contributed by atoms with Crippen LogP contribution in [-0.2, 0) is 7.05 Å². The van der Waals surface area contributed by atoms with Crippen LogP contribution >= 0.6 is 11.3 Å². The first-order chi connectivity index (χ1) is 13.7. The smallest absolute Gasteiger partial charge is 0.141 e. The Morgan fingerprint density at radius 2 is 2.00 bits per heavy atom. The molecule has 0 aliphatic rings. The van der Waals surface area contributed by atoms with Gasteiger partial charge in [-0.15, -0.1) is 11.3 Å². The first-order valence-corrected chi connectivity index (χ1v) is 9.51. The number of aromatic nitrogens is 5. The number of hydrogen-bond donors (Lipinski definition) is 1. The number of methoxy groups -OCH3 is 1. The minimum absolute atomic E-state index is 0.738. The third kappa shape index (κ3) is 2.84. The normalized spacial score (nSPS) is 11.2. The van der Waals surface area contributed by atoms with Gasteiger partial charge in [-0.25, -0.2) is 15.0 Å². The Balaban J connectivity index is 1.64. The zero-order valence-corrected chi connectivity index (χ0v) is 16.1. The van der Waals surface area contributed by atoms with Crippen molar-refractivity contribution in [3.8, 4) is 16.9 Å². The summed E-state index contributed by atoms with van der Waals surface area (Å²) in [5.74, 6) is 1.48. The van der Waals surface area contributed by atoms with E-state index in [9.17, 15) is 0 Å². The molecule has 0 aliphatic heterocycles. The predicted octanol–water partition coefficient (Wildman–Crippen LogP) is 4.39. The van der Waals surface area contributed by atoms with Gasteiger partial charge in [0.05, 0.1) is 34.6 Å². The Labute approximate surface area is 164 Å². The molecule has 28 heavy (non-hydrogen) atoms. The second kappa shape index (κ2) is 6.58. The summed E-state index contributed by atoms with van der Waals surface area (Å²) in [6.45, 7) is 0. The fourth-order valence-corrected chi connectivity index (χ4v) is 3.92. The van der Waals surface area contributed by atoms with Crippen LogP contribution in [-0.4, -0.2) is 31.8 Å². The van der Waals surface area contributed by atoms with Gasteiger partial charge < -0.3 is 10.1 Å². The van der Waals surface area contributed by atoms with Crippen molar-refractivity contribution in [2.24, 2.45) is 7.05 Å². The summed E-state index contributed by atoms with van der Waals surface area (Å²) in [6.07, 6.45) is 5.33. The molecule has 0 bridgehead atoms. The van der Waals surface area contributed by atoms with Crippen LogP contribution in [0.3, 0.4) is 0 Å². The van der Waals surface area contributed by atoms with Crippen molar-refractivity contribution in [2.75, 3.05) is 12.4 Å². The van der Waals surface area contributed by atoms with E-state index in [2.05, 4.69) is 31.4 Å². The molecule has 3 aromatic heterocycles. The maximum absolute atomic E-state index is 5.59. The fourth-order valence-electron chi connectivity index (χ4n) is 3.21. The minimum atomic E-state index is 0.738. The van der Waals surface area contributed by atoms with E-state index in [1.54, 1.807) is 29.5 Å². The second-order valence-electron chi connectivity index (χ2n) is 6.35. The minimum Gasteiger partial charge on any atom is -0.496 e. The molecule has 0 amide bonds. The standard InChI is InChI=1S/C20H16N6OS/c1-26-9-12(8-24-26)14-6-15-17(7-18(14)27-2)21-10-22-20(15)25-13-3-4-16-19(5-13)28-11-23-16/h3-11H,1-2H3,(H,21,22,25). The first kappa shape index (κ1) is 16.6. The zero-order chi connectivity index (χ0) is 19.1. The molecule has 0 spiro atoms. The Hall–Kier alpha value is -3.52. The van der Waals surface area contributed by atoms with E-state index in [1.165, 1.54) is 0 Å². The molecule has 0 saturated carbocycles. The highest BCUT2D eigenvalue weighted by Crippen LogP contribution is 2.36. The molecule has 0 radical (unpaired) electrons. The highest BCUT2D eigenvalue weighted by molar-refractivity contribution is 7.16. The zero-order valence-electron chi connectivity index (χ0n) is 15.2. The summed E-state index contributed by atoms with van der Waals surface area (Å²) in [6, 6.07) is 10.0. The van der Waals surface area contributed by atoms with Crippen molar-refractivity contribution in [1.29, 1.82) is 0 Å². The molecule has 5 aromatic rings. The quantitative estimate of drug-likeness (QED) is 0.492. The molecule has 0 unspecified atom stereocenters. The van der Waals surface area contributed by atoms with Crippen molar-refractivity contribution in [3.05, 3.63) is 54.6 Å². The predicted molar refractivity (Wildman–Crippen MR) is 111 cm³/mol. The van der Waals surface area contributed by atoms with Gasteiger partial charge >= 0.3 is 0 Å². The summed E-state index contributed by atoms with van der Waals surface area (Å²) < 4.78 is 8.48. The third-order valence-electron chi connectivity index (χ3n) is 4.57. The first-order valence-electron chi connectivity index (χ1n) is 8.63. The lowest BCUT2D eigenvalue weighted by molar-refractivity contribution is 0.417. The topological polar surface area (TPSA) is 77.8 Å². The van der Waals surface area contributed by atoms with E-state index in [0.29, 0.717) is 0 Å². The van der Waals surface area contributed by atoms with Crippen LogP contribution in [0.2, 0.25) is 0 Å². The van der Waals surface area contributed by atoms with Gasteiger partial charge in [-0.05, 0) is 24.3 Å². The molecule has 1 N–H and O–H groups in total. The lowest BCUT2D eigenvalue weighted by atomic mass is 10.0. The number of nitrogens with one attached hydrogen (secondary N) is 1. The van der Waals surface area contributed by atoms with Crippen molar-refractivity contribution >= 4 is 44.0 Å². The summed E-state index contributed by atoms with van der Waals surface area (Å²) in [5, 5.41) is 8.60. The van der Waals surface area contributed by atoms with Gasteiger partial charge in [0.2, 0.25) is 0 Å².